The highest BCUT2D eigenvalue weighted by atomic mass is 16.2. The van der Waals surface area contributed by atoms with E-state index in [2.05, 4.69) is 6.92 Å². The van der Waals surface area contributed by atoms with Gasteiger partial charge in [-0.1, -0.05) is 19.8 Å². The molecule has 3 nitrogen and oxygen atoms in total. The Kier molecular flexibility index (Phi) is 2.81. The zero-order chi connectivity index (χ0) is 10.9. The van der Waals surface area contributed by atoms with Crippen LogP contribution in [0.4, 0.5) is 0 Å². The minimum atomic E-state index is 0.0414. The maximum atomic E-state index is 11.5. The molecule has 15 heavy (non-hydrogen) atoms. The molecular weight excluding hydrogens is 190 g/mol. The van der Waals surface area contributed by atoms with Crippen LogP contribution in [0.1, 0.15) is 45.4 Å². The normalized spacial score (nSPS) is 25.3. The summed E-state index contributed by atoms with van der Waals surface area (Å²) in [7, 11) is 0. The summed E-state index contributed by atoms with van der Waals surface area (Å²) in [5.74, 6) is 0.129. The van der Waals surface area contributed by atoms with Crippen molar-refractivity contribution in [1.29, 1.82) is 0 Å². The molecule has 0 spiro atoms. The summed E-state index contributed by atoms with van der Waals surface area (Å²) in [6, 6.07) is 0. The molecule has 1 aliphatic heterocycles. The Balaban J connectivity index is 2.01. The Morgan fingerprint density at radius 1 is 1.27 bits per heavy atom. The highest BCUT2D eigenvalue weighted by Gasteiger charge is 2.38. The molecule has 0 aromatic rings. The van der Waals surface area contributed by atoms with Crippen molar-refractivity contribution in [3.8, 4) is 0 Å². The van der Waals surface area contributed by atoms with Crippen molar-refractivity contribution < 1.29 is 9.59 Å². The lowest BCUT2D eigenvalue weighted by molar-refractivity contribution is -0.129. The summed E-state index contributed by atoms with van der Waals surface area (Å²) in [6.07, 6.45) is 6.28. The van der Waals surface area contributed by atoms with Gasteiger partial charge in [0.05, 0.1) is 13.0 Å². The van der Waals surface area contributed by atoms with E-state index in [-0.39, 0.29) is 18.1 Å². The molecule has 0 aromatic carbocycles. The van der Waals surface area contributed by atoms with Gasteiger partial charge in [-0.25, -0.2) is 0 Å². The van der Waals surface area contributed by atoms with Crippen LogP contribution >= 0.6 is 0 Å². The van der Waals surface area contributed by atoms with Gasteiger partial charge in [0.15, 0.2) is 5.78 Å². The van der Waals surface area contributed by atoms with Crippen LogP contribution in [0, 0.1) is 5.41 Å². The lowest BCUT2D eigenvalue weighted by atomic mass is 9.83. The first-order chi connectivity index (χ1) is 7.15. The number of rotatable bonds is 3. The monoisotopic (exact) mass is 209 g/mol. The van der Waals surface area contributed by atoms with Gasteiger partial charge in [-0.15, -0.1) is 0 Å². The zero-order valence-corrected chi connectivity index (χ0v) is 9.42. The summed E-state index contributed by atoms with van der Waals surface area (Å²) in [4.78, 5) is 24.5. The molecule has 84 valence electrons. The van der Waals surface area contributed by atoms with Gasteiger partial charge < -0.3 is 4.90 Å². The molecule has 0 N–H and O–H groups in total. The number of carbonyl (C=O) groups excluding carboxylic acids is 2. The average molecular weight is 209 g/mol. The van der Waals surface area contributed by atoms with E-state index in [9.17, 15) is 9.59 Å². The maximum Gasteiger partial charge on any atom is 0.230 e. The largest absolute Gasteiger partial charge is 0.334 e. The lowest BCUT2D eigenvalue weighted by Crippen LogP contribution is -2.37. The number of carbonyl (C=O) groups is 2. The van der Waals surface area contributed by atoms with E-state index in [0.717, 1.165) is 13.0 Å². The topological polar surface area (TPSA) is 37.4 Å². The Hall–Kier alpha value is -0.860. The van der Waals surface area contributed by atoms with Crippen molar-refractivity contribution in [2.75, 3.05) is 13.1 Å². The fourth-order valence-electron chi connectivity index (χ4n) is 2.93. The van der Waals surface area contributed by atoms with Crippen molar-refractivity contribution >= 4 is 11.7 Å². The van der Waals surface area contributed by atoms with E-state index in [0.29, 0.717) is 12.0 Å². The van der Waals surface area contributed by atoms with Gasteiger partial charge in [0.2, 0.25) is 5.91 Å². The van der Waals surface area contributed by atoms with Crippen molar-refractivity contribution in [2.45, 2.75) is 45.4 Å². The summed E-state index contributed by atoms with van der Waals surface area (Å²) >= 11 is 0. The average Bonchev–Trinajstić information content (AvgIpc) is 2.76. The number of hydrogen-bond acceptors (Lipinski definition) is 2. The molecule has 2 fully saturated rings. The molecule has 1 heterocycles. The predicted octanol–water partition coefficient (Wildman–Crippen LogP) is 1.76. The van der Waals surface area contributed by atoms with Crippen molar-refractivity contribution in [3.05, 3.63) is 0 Å². The molecule has 1 saturated heterocycles. The number of likely N-dealkylation sites (tertiary alicyclic amines) is 1. The number of Topliss-reactive ketones (excluding diaryl/α,β-unsaturated/α-hetero) is 1. The highest BCUT2D eigenvalue weighted by Crippen LogP contribution is 2.41. The number of nitrogens with zero attached hydrogens (tertiary/aromatic N) is 1. The third-order valence-corrected chi connectivity index (χ3v) is 4.01. The Labute approximate surface area is 90.8 Å². The van der Waals surface area contributed by atoms with Crippen LogP contribution < -0.4 is 0 Å². The molecule has 2 rings (SSSR count). The number of hydrogen-bond donors (Lipinski definition) is 0. The molecule has 0 unspecified atom stereocenters. The molecule has 0 atom stereocenters. The van der Waals surface area contributed by atoms with Gasteiger partial charge in [0, 0.05) is 6.54 Å². The van der Waals surface area contributed by atoms with E-state index >= 15 is 0 Å². The Morgan fingerprint density at radius 3 is 2.40 bits per heavy atom. The fraction of sp³-hybridized carbons (Fsp3) is 0.833. The zero-order valence-electron chi connectivity index (χ0n) is 9.42. The molecule has 2 aliphatic rings. The minimum Gasteiger partial charge on any atom is -0.334 e. The number of ketones is 1. The molecule has 0 aromatic heterocycles. The van der Waals surface area contributed by atoms with E-state index < -0.39 is 0 Å². The van der Waals surface area contributed by atoms with Gasteiger partial charge in [0.25, 0.3) is 0 Å². The van der Waals surface area contributed by atoms with Crippen molar-refractivity contribution in [1.82, 2.24) is 4.90 Å². The van der Waals surface area contributed by atoms with Crippen LogP contribution in [0.5, 0.6) is 0 Å². The van der Waals surface area contributed by atoms with Gasteiger partial charge in [-0.05, 0) is 24.7 Å². The fourth-order valence-corrected chi connectivity index (χ4v) is 2.93. The van der Waals surface area contributed by atoms with Crippen LogP contribution in [-0.2, 0) is 9.59 Å². The lowest BCUT2D eigenvalue weighted by Gasteiger charge is -2.32. The standard InChI is InChI=1S/C12H19NO2/c1-2-12(5-3-4-6-12)9-13-8-10(14)7-11(13)15/h2-9H2,1H3. The van der Waals surface area contributed by atoms with E-state index in [4.69, 9.17) is 0 Å². The first-order valence-corrected chi connectivity index (χ1v) is 5.95. The van der Waals surface area contributed by atoms with Crippen molar-refractivity contribution in [2.24, 2.45) is 5.41 Å². The second-order valence-electron chi connectivity index (χ2n) is 5.03. The molecule has 1 saturated carbocycles. The molecule has 0 bridgehead atoms. The molecule has 3 heteroatoms. The third-order valence-electron chi connectivity index (χ3n) is 4.01. The highest BCUT2D eigenvalue weighted by molar-refractivity contribution is 6.05. The summed E-state index contributed by atoms with van der Waals surface area (Å²) in [5.41, 5.74) is 0.320. The van der Waals surface area contributed by atoms with Gasteiger partial charge in [0.1, 0.15) is 0 Å². The van der Waals surface area contributed by atoms with Crippen molar-refractivity contribution in [3.63, 3.8) is 0 Å². The summed E-state index contributed by atoms with van der Waals surface area (Å²) in [6.45, 7) is 3.38. The summed E-state index contributed by atoms with van der Waals surface area (Å²) < 4.78 is 0. The second-order valence-corrected chi connectivity index (χ2v) is 5.03. The summed E-state index contributed by atoms with van der Waals surface area (Å²) in [5, 5.41) is 0. The van der Waals surface area contributed by atoms with Gasteiger partial charge >= 0.3 is 0 Å². The van der Waals surface area contributed by atoms with Crippen LogP contribution in [0.25, 0.3) is 0 Å². The quantitative estimate of drug-likeness (QED) is 0.664. The van der Waals surface area contributed by atoms with Crippen LogP contribution in [0.3, 0.4) is 0 Å². The predicted molar refractivity (Wildman–Crippen MR) is 57.4 cm³/mol. The van der Waals surface area contributed by atoms with Crippen LogP contribution in [0.2, 0.25) is 0 Å². The number of amides is 1. The van der Waals surface area contributed by atoms with Gasteiger partial charge in [-0.3, -0.25) is 9.59 Å². The van der Waals surface area contributed by atoms with E-state index in [1.54, 1.807) is 4.90 Å². The van der Waals surface area contributed by atoms with Crippen LogP contribution in [-0.4, -0.2) is 29.7 Å². The Bertz CT molecular complexity index is 279. The maximum absolute atomic E-state index is 11.5. The SMILES string of the molecule is CCC1(CN2CC(=O)CC2=O)CCCC1. The first kappa shape index (κ1) is 10.7. The second kappa shape index (κ2) is 3.95. The molecule has 1 aliphatic carbocycles. The van der Waals surface area contributed by atoms with Gasteiger partial charge in [-0.2, -0.15) is 0 Å². The van der Waals surface area contributed by atoms with E-state index in [1.165, 1.54) is 25.7 Å². The van der Waals surface area contributed by atoms with Crippen LogP contribution in [0.15, 0.2) is 0 Å². The minimum absolute atomic E-state index is 0.0414. The Morgan fingerprint density at radius 2 is 1.93 bits per heavy atom. The third kappa shape index (κ3) is 2.06. The smallest absolute Gasteiger partial charge is 0.230 e. The first-order valence-electron chi connectivity index (χ1n) is 5.95. The molecule has 1 amide bonds. The van der Waals surface area contributed by atoms with E-state index in [1.807, 2.05) is 0 Å². The molecular formula is C12H19NO2. The molecule has 0 radical (unpaired) electrons.